The molecule has 1 aliphatic rings. The summed E-state index contributed by atoms with van der Waals surface area (Å²) in [5, 5.41) is 10.7. The average molecular weight is 262 g/mol. The van der Waals surface area contributed by atoms with Crippen LogP contribution in [0.25, 0.3) is 0 Å². The number of aliphatic imine (C=N–C) groups is 1. The minimum Gasteiger partial charge on any atom is -0.465 e. The molecule has 0 aliphatic heterocycles. The number of hydrogen-bond donors (Lipinski definition) is 2. The lowest BCUT2D eigenvalue weighted by molar-refractivity contribution is 0.209. The fourth-order valence-electron chi connectivity index (χ4n) is 2.19. The topological polar surface area (TPSA) is 87.5 Å². The summed E-state index contributed by atoms with van der Waals surface area (Å²) in [6, 6.07) is 2.08. The Bertz CT molecular complexity index is 454. The Kier molecular flexibility index (Phi) is 4.83. The smallest absolute Gasteiger partial charge is 0.411 e. The van der Waals surface area contributed by atoms with E-state index in [0.29, 0.717) is 11.7 Å². The van der Waals surface area contributed by atoms with Gasteiger partial charge in [0.15, 0.2) is 0 Å². The molecule has 6 nitrogen and oxygen atoms in total. The Morgan fingerprint density at radius 3 is 2.79 bits per heavy atom. The maximum absolute atomic E-state index is 10.5. The Labute approximate surface area is 112 Å². The van der Waals surface area contributed by atoms with Crippen LogP contribution in [0.15, 0.2) is 17.3 Å². The van der Waals surface area contributed by atoms with E-state index in [4.69, 9.17) is 5.11 Å². The summed E-state index contributed by atoms with van der Waals surface area (Å²) in [5.41, 5.74) is 0.628. The summed E-state index contributed by atoms with van der Waals surface area (Å²) in [5.74, 6) is 0.0808. The second-order valence-electron chi connectivity index (χ2n) is 4.66. The lowest BCUT2D eigenvalue weighted by atomic mass is 10.1. The SMILES string of the molecule is O=C(O)Nc1nccc(/C=N/C2CCCCCC2)n1. The number of carbonyl (C=O) groups is 1. The maximum atomic E-state index is 10.5. The second-order valence-corrected chi connectivity index (χ2v) is 4.66. The van der Waals surface area contributed by atoms with Crippen molar-refractivity contribution in [3.05, 3.63) is 18.0 Å². The monoisotopic (exact) mass is 262 g/mol. The van der Waals surface area contributed by atoms with Gasteiger partial charge in [0.25, 0.3) is 0 Å². The van der Waals surface area contributed by atoms with Crippen LogP contribution in [0.4, 0.5) is 10.7 Å². The summed E-state index contributed by atoms with van der Waals surface area (Å²) in [6.45, 7) is 0. The van der Waals surface area contributed by atoms with Gasteiger partial charge in [-0.15, -0.1) is 0 Å². The molecule has 1 heterocycles. The second kappa shape index (κ2) is 6.82. The zero-order valence-electron chi connectivity index (χ0n) is 10.7. The minimum atomic E-state index is -1.17. The number of carboxylic acid groups (broad SMARTS) is 1. The van der Waals surface area contributed by atoms with Gasteiger partial charge in [0.1, 0.15) is 0 Å². The molecule has 1 saturated carbocycles. The third kappa shape index (κ3) is 4.65. The molecule has 1 aliphatic carbocycles. The number of amides is 1. The van der Waals surface area contributed by atoms with E-state index < -0.39 is 6.09 Å². The highest BCUT2D eigenvalue weighted by molar-refractivity contribution is 5.82. The van der Waals surface area contributed by atoms with Crippen molar-refractivity contribution >= 4 is 18.3 Å². The van der Waals surface area contributed by atoms with E-state index in [0.717, 1.165) is 12.8 Å². The van der Waals surface area contributed by atoms with Crippen LogP contribution in [0, 0.1) is 0 Å². The van der Waals surface area contributed by atoms with Crippen LogP contribution >= 0.6 is 0 Å². The molecule has 6 heteroatoms. The molecule has 0 aromatic carbocycles. The highest BCUT2D eigenvalue weighted by Crippen LogP contribution is 2.19. The molecule has 2 rings (SSSR count). The van der Waals surface area contributed by atoms with Gasteiger partial charge in [-0.3, -0.25) is 10.3 Å². The number of nitrogens with zero attached hydrogens (tertiary/aromatic N) is 3. The van der Waals surface area contributed by atoms with Crippen LogP contribution in [0.5, 0.6) is 0 Å². The Hall–Kier alpha value is -1.98. The van der Waals surface area contributed by atoms with Crippen LogP contribution in [0.3, 0.4) is 0 Å². The van der Waals surface area contributed by atoms with Crippen molar-refractivity contribution in [1.82, 2.24) is 9.97 Å². The quantitative estimate of drug-likeness (QED) is 0.647. The fraction of sp³-hybridized carbons (Fsp3) is 0.538. The van der Waals surface area contributed by atoms with Crippen LogP contribution in [-0.4, -0.2) is 33.4 Å². The van der Waals surface area contributed by atoms with Crippen molar-refractivity contribution in [2.75, 3.05) is 5.32 Å². The van der Waals surface area contributed by atoms with Gasteiger partial charge in [0.2, 0.25) is 5.95 Å². The molecule has 0 unspecified atom stereocenters. The predicted molar refractivity (Wildman–Crippen MR) is 72.8 cm³/mol. The summed E-state index contributed by atoms with van der Waals surface area (Å²) >= 11 is 0. The van der Waals surface area contributed by atoms with Gasteiger partial charge in [-0.2, -0.15) is 0 Å². The Morgan fingerprint density at radius 1 is 1.37 bits per heavy atom. The molecule has 19 heavy (non-hydrogen) atoms. The summed E-state index contributed by atoms with van der Waals surface area (Å²) in [6.07, 6.45) is 9.38. The number of anilines is 1. The molecule has 102 valence electrons. The molecule has 0 atom stereocenters. The molecular formula is C13H18N4O2. The lowest BCUT2D eigenvalue weighted by Gasteiger charge is -2.07. The van der Waals surface area contributed by atoms with Gasteiger partial charge in [0, 0.05) is 12.4 Å². The van der Waals surface area contributed by atoms with Gasteiger partial charge >= 0.3 is 6.09 Å². The summed E-state index contributed by atoms with van der Waals surface area (Å²) in [7, 11) is 0. The minimum absolute atomic E-state index is 0.0808. The summed E-state index contributed by atoms with van der Waals surface area (Å²) < 4.78 is 0. The number of nitrogens with one attached hydrogen (secondary N) is 1. The number of aromatic nitrogens is 2. The molecule has 0 radical (unpaired) electrons. The van der Waals surface area contributed by atoms with E-state index >= 15 is 0 Å². The molecule has 0 saturated heterocycles. The largest absolute Gasteiger partial charge is 0.465 e. The first-order chi connectivity index (χ1) is 9.24. The number of hydrogen-bond acceptors (Lipinski definition) is 4. The van der Waals surface area contributed by atoms with Crippen molar-refractivity contribution in [3.63, 3.8) is 0 Å². The standard InChI is InChI=1S/C13H18N4O2/c18-13(19)17-12-14-8-7-11(16-12)9-15-10-5-3-1-2-4-6-10/h7-10H,1-6H2,(H,18,19)(H,14,16,17)/b15-9+. The van der Waals surface area contributed by atoms with E-state index in [1.807, 2.05) is 0 Å². The van der Waals surface area contributed by atoms with Gasteiger partial charge < -0.3 is 5.11 Å². The van der Waals surface area contributed by atoms with E-state index in [9.17, 15) is 4.79 Å². The zero-order chi connectivity index (χ0) is 13.5. The van der Waals surface area contributed by atoms with Crippen molar-refractivity contribution in [2.24, 2.45) is 4.99 Å². The van der Waals surface area contributed by atoms with Crippen LogP contribution in [0.2, 0.25) is 0 Å². The molecule has 1 aromatic heterocycles. The van der Waals surface area contributed by atoms with Crippen LogP contribution in [0.1, 0.15) is 44.2 Å². The molecule has 1 amide bonds. The Balaban J connectivity index is 1.99. The van der Waals surface area contributed by atoms with Crippen molar-refractivity contribution < 1.29 is 9.90 Å². The van der Waals surface area contributed by atoms with E-state index in [2.05, 4.69) is 20.3 Å². The Morgan fingerprint density at radius 2 is 2.11 bits per heavy atom. The average Bonchev–Trinajstić information content (AvgIpc) is 2.64. The highest BCUT2D eigenvalue weighted by atomic mass is 16.4. The zero-order valence-corrected chi connectivity index (χ0v) is 10.7. The molecule has 2 N–H and O–H groups in total. The lowest BCUT2D eigenvalue weighted by Crippen LogP contribution is -2.11. The van der Waals surface area contributed by atoms with Gasteiger partial charge in [-0.1, -0.05) is 25.7 Å². The summed E-state index contributed by atoms with van der Waals surface area (Å²) in [4.78, 5) is 22.9. The van der Waals surface area contributed by atoms with E-state index in [-0.39, 0.29) is 5.95 Å². The molecule has 1 aromatic rings. The van der Waals surface area contributed by atoms with Crippen molar-refractivity contribution in [2.45, 2.75) is 44.6 Å². The molecular weight excluding hydrogens is 244 g/mol. The van der Waals surface area contributed by atoms with Crippen molar-refractivity contribution in [3.8, 4) is 0 Å². The predicted octanol–water partition coefficient (Wildman–Crippen LogP) is 2.71. The van der Waals surface area contributed by atoms with E-state index in [1.54, 1.807) is 12.3 Å². The third-order valence-corrected chi connectivity index (χ3v) is 3.14. The maximum Gasteiger partial charge on any atom is 0.411 e. The van der Waals surface area contributed by atoms with Crippen LogP contribution < -0.4 is 5.32 Å². The number of rotatable bonds is 3. The van der Waals surface area contributed by atoms with Crippen LogP contribution in [-0.2, 0) is 0 Å². The molecule has 1 fully saturated rings. The van der Waals surface area contributed by atoms with E-state index in [1.165, 1.54) is 31.9 Å². The fourth-order valence-corrected chi connectivity index (χ4v) is 2.19. The highest BCUT2D eigenvalue weighted by Gasteiger charge is 2.09. The molecule has 0 spiro atoms. The third-order valence-electron chi connectivity index (χ3n) is 3.14. The first-order valence-corrected chi connectivity index (χ1v) is 6.60. The van der Waals surface area contributed by atoms with Gasteiger partial charge in [-0.05, 0) is 18.9 Å². The van der Waals surface area contributed by atoms with Gasteiger partial charge in [-0.25, -0.2) is 14.8 Å². The van der Waals surface area contributed by atoms with Gasteiger partial charge in [0.05, 0.1) is 11.7 Å². The first-order valence-electron chi connectivity index (χ1n) is 6.60. The molecule has 0 bridgehead atoms. The first kappa shape index (κ1) is 13.5. The van der Waals surface area contributed by atoms with Crippen molar-refractivity contribution in [1.29, 1.82) is 0 Å². The normalized spacial score (nSPS) is 17.3.